The highest BCUT2D eigenvalue weighted by atomic mass is 16.2. The largest absolute Gasteiger partial charge is 0.355 e. The number of tetrazole rings is 1. The van der Waals surface area contributed by atoms with Crippen molar-refractivity contribution in [1.29, 1.82) is 0 Å². The lowest BCUT2D eigenvalue weighted by Crippen LogP contribution is -2.35. The van der Waals surface area contributed by atoms with E-state index in [1.54, 1.807) is 6.20 Å². The van der Waals surface area contributed by atoms with Crippen LogP contribution in [-0.2, 0) is 0 Å². The van der Waals surface area contributed by atoms with E-state index < -0.39 is 5.91 Å². The van der Waals surface area contributed by atoms with E-state index in [0.29, 0.717) is 5.92 Å². The third-order valence-corrected chi connectivity index (χ3v) is 3.41. The summed E-state index contributed by atoms with van der Waals surface area (Å²) in [6.45, 7) is 4.09. The van der Waals surface area contributed by atoms with E-state index in [1.165, 1.54) is 12.6 Å². The fraction of sp³-hybridized carbons (Fsp3) is 0.500. The van der Waals surface area contributed by atoms with Crippen LogP contribution < -0.4 is 10.2 Å². The Kier molecular flexibility index (Phi) is 3.71. The van der Waals surface area contributed by atoms with Gasteiger partial charge in [0, 0.05) is 13.1 Å². The van der Waals surface area contributed by atoms with Crippen LogP contribution in [0.2, 0.25) is 0 Å². The van der Waals surface area contributed by atoms with E-state index in [4.69, 9.17) is 0 Å². The van der Waals surface area contributed by atoms with Crippen LogP contribution in [0.5, 0.6) is 0 Å². The van der Waals surface area contributed by atoms with Crippen LogP contribution in [0.1, 0.15) is 30.3 Å². The summed E-state index contributed by atoms with van der Waals surface area (Å²) in [6, 6.07) is 0. The predicted octanol–water partition coefficient (Wildman–Crippen LogP) is 0.478. The highest BCUT2D eigenvalue weighted by Crippen LogP contribution is 2.20. The van der Waals surface area contributed by atoms with Crippen molar-refractivity contribution in [2.75, 3.05) is 23.3 Å². The number of carbonyl (C=O) groups is 1. The second kappa shape index (κ2) is 5.81. The summed E-state index contributed by atoms with van der Waals surface area (Å²) in [7, 11) is 0. The number of nitrogens with one attached hydrogen (secondary N) is 2. The monoisotopic (exact) mass is 288 g/mol. The van der Waals surface area contributed by atoms with Gasteiger partial charge in [-0.1, -0.05) is 12.0 Å². The molecule has 3 rings (SSSR count). The average molecular weight is 288 g/mol. The van der Waals surface area contributed by atoms with Gasteiger partial charge in [-0.2, -0.15) is 5.21 Å². The van der Waals surface area contributed by atoms with Crippen molar-refractivity contribution in [2.24, 2.45) is 5.92 Å². The standard InChI is InChI=1S/C12H16N8O/c1-8-3-2-4-20(7-8)10-6-13-5-9(14-10)11(21)15-12-16-18-19-17-12/h5-6,8H,2-4,7H2,1H3,(H2,15,16,17,18,19,21). The number of H-pyrrole nitrogens is 1. The summed E-state index contributed by atoms with van der Waals surface area (Å²) in [5, 5.41) is 15.5. The van der Waals surface area contributed by atoms with Gasteiger partial charge < -0.3 is 4.90 Å². The first-order chi connectivity index (χ1) is 10.2. The molecule has 0 saturated carbocycles. The van der Waals surface area contributed by atoms with E-state index in [9.17, 15) is 4.79 Å². The lowest BCUT2D eigenvalue weighted by atomic mass is 10.0. The molecule has 1 atom stereocenters. The normalized spacial score (nSPS) is 18.5. The molecule has 2 aromatic heterocycles. The zero-order valence-corrected chi connectivity index (χ0v) is 11.7. The average Bonchev–Trinajstić information content (AvgIpc) is 3.00. The Bertz CT molecular complexity index is 613. The second-order valence-corrected chi connectivity index (χ2v) is 5.15. The van der Waals surface area contributed by atoms with Gasteiger partial charge in [-0.05, 0) is 24.0 Å². The molecule has 0 bridgehead atoms. The van der Waals surface area contributed by atoms with Gasteiger partial charge in [-0.3, -0.25) is 15.1 Å². The van der Waals surface area contributed by atoms with Crippen LogP contribution in [0.25, 0.3) is 0 Å². The van der Waals surface area contributed by atoms with Crippen LogP contribution in [0.4, 0.5) is 11.8 Å². The molecule has 0 spiro atoms. The Hall–Kier alpha value is -2.58. The van der Waals surface area contributed by atoms with Crippen molar-refractivity contribution in [3.63, 3.8) is 0 Å². The molecule has 2 aromatic rings. The summed E-state index contributed by atoms with van der Waals surface area (Å²) in [5.41, 5.74) is 0.232. The first-order valence-electron chi connectivity index (χ1n) is 6.84. The third-order valence-electron chi connectivity index (χ3n) is 3.41. The van der Waals surface area contributed by atoms with Crippen LogP contribution in [0.15, 0.2) is 12.4 Å². The molecular formula is C12H16N8O. The van der Waals surface area contributed by atoms with E-state index >= 15 is 0 Å². The van der Waals surface area contributed by atoms with Crippen LogP contribution in [0, 0.1) is 5.92 Å². The number of rotatable bonds is 3. The van der Waals surface area contributed by atoms with Crippen molar-refractivity contribution in [3.8, 4) is 0 Å². The Morgan fingerprint density at radius 3 is 3.14 bits per heavy atom. The number of aromatic nitrogens is 6. The van der Waals surface area contributed by atoms with Gasteiger partial charge in [0.25, 0.3) is 11.9 Å². The van der Waals surface area contributed by atoms with Gasteiger partial charge in [-0.25, -0.2) is 4.98 Å². The fourth-order valence-electron chi connectivity index (χ4n) is 2.40. The van der Waals surface area contributed by atoms with Crippen molar-refractivity contribution < 1.29 is 4.79 Å². The van der Waals surface area contributed by atoms with Gasteiger partial charge in [-0.15, -0.1) is 5.10 Å². The van der Waals surface area contributed by atoms with Crippen LogP contribution >= 0.6 is 0 Å². The van der Waals surface area contributed by atoms with Crippen molar-refractivity contribution in [1.82, 2.24) is 30.6 Å². The molecule has 1 aliphatic rings. The Labute approximate surface area is 121 Å². The molecule has 1 unspecified atom stereocenters. The zero-order valence-electron chi connectivity index (χ0n) is 11.7. The zero-order chi connectivity index (χ0) is 14.7. The molecule has 3 heterocycles. The van der Waals surface area contributed by atoms with Crippen LogP contribution in [0.3, 0.4) is 0 Å². The molecule has 1 saturated heterocycles. The molecule has 2 N–H and O–H groups in total. The molecule has 110 valence electrons. The molecule has 1 fully saturated rings. The first kappa shape index (κ1) is 13.4. The van der Waals surface area contributed by atoms with E-state index in [1.807, 2.05) is 0 Å². The fourth-order valence-corrected chi connectivity index (χ4v) is 2.40. The molecule has 1 aliphatic heterocycles. The summed E-state index contributed by atoms with van der Waals surface area (Å²) in [6.07, 6.45) is 5.46. The van der Waals surface area contributed by atoms with Gasteiger partial charge in [0.05, 0.1) is 12.4 Å². The maximum atomic E-state index is 12.1. The molecular weight excluding hydrogens is 272 g/mol. The lowest BCUT2D eigenvalue weighted by molar-refractivity contribution is 0.102. The van der Waals surface area contributed by atoms with E-state index in [-0.39, 0.29) is 11.6 Å². The number of hydrogen-bond acceptors (Lipinski definition) is 7. The van der Waals surface area contributed by atoms with E-state index in [0.717, 1.165) is 25.3 Å². The minimum atomic E-state index is -0.407. The summed E-state index contributed by atoms with van der Waals surface area (Å²) in [5.74, 6) is 1.05. The number of carbonyl (C=O) groups excluding carboxylic acids is 1. The van der Waals surface area contributed by atoms with Gasteiger partial charge >= 0.3 is 0 Å². The summed E-state index contributed by atoms with van der Waals surface area (Å²) >= 11 is 0. The van der Waals surface area contributed by atoms with Crippen molar-refractivity contribution in [2.45, 2.75) is 19.8 Å². The number of hydrogen-bond donors (Lipinski definition) is 2. The topological polar surface area (TPSA) is 113 Å². The molecule has 1 amide bonds. The van der Waals surface area contributed by atoms with Crippen molar-refractivity contribution >= 4 is 17.7 Å². The summed E-state index contributed by atoms with van der Waals surface area (Å²) in [4.78, 5) is 22.7. The maximum absolute atomic E-state index is 12.1. The molecule has 0 radical (unpaired) electrons. The number of amides is 1. The Morgan fingerprint density at radius 1 is 1.48 bits per heavy atom. The lowest BCUT2D eigenvalue weighted by Gasteiger charge is -2.31. The van der Waals surface area contributed by atoms with Gasteiger partial charge in [0.2, 0.25) is 0 Å². The third kappa shape index (κ3) is 3.12. The van der Waals surface area contributed by atoms with Gasteiger partial charge in [0.15, 0.2) is 0 Å². The smallest absolute Gasteiger partial charge is 0.278 e. The second-order valence-electron chi connectivity index (χ2n) is 5.15. The molecule has 21 heavy (non-hydrogen) atoms. The highest BCUT2D eigenvalue weighted by molar-refractivity contribution is 6.01. The number of nitrogens with zero attached hydrogens (tertiary/aromatic N) is 6. The van der Waals surface area contributed by atoms with Crippen LogP contribution in [-0.4, -0.2) is 49.6 Å². The Morgan fingerprint density at radius 2 is 2.38 bits per heavy atom. The first-order valence-corrected chi connectivity index (χ1v) is 6.84. The van der Waals surface area contributed by atoms with E-state index in [2.05, 4.69) is 47.7 Å². The highest BCUT2D eigenvalue weighted by Gasteiger charge is 2.19. The number of piperidine rings is 1. The number of aromatic amines is 1. The minimum absolute atomic E-state index is 0.110. The molecule has 9 heteroatoms. The maximum Gasteiger partial charge on any atom is 0.278 e. The molecule has 9 nitrogen and oxygen atoms in total. The quantitative estimate of drug-likeness (QED) is 0.844. The predicted molar refractivity (Wildman–Crippen MR) is 74.8 cm³/mol. The molecule has 0 aromatic carbocycles. The van der Waals surface area contributed by atoms with Gasteiger partial charge in [0.1, 0.15) is 11.5 Å². The Balaban J connectivity index is 1.74. The summed E-state index contributed by atoms with van der Waals surface area (Å²) < 4.78 is 0. The van der Waals surface area contributed by atoms with Crippen molar-refractivity contribution in [3.05, 3.63) is 18.1 Å². The number of anilines is 2. The SMILES string of the molecule is CC1CCCN(c2cncc(C(=O)Nc3nn[nH]n3)n2)C1. The molecule has 0 aliphatic carbocycles. The minimum Gasteiger partial charge on any atom is -0.355 e.